The molecule has 0 radical (unpaired) electrons. The number of aliphatic hydroxyl groups excluding tert-OH is 1. The average molecular weight is 339 g/mol. The molecule has 8 heteroatoms. The van der Waals surface area contributed by atoms with Gasteiger partial charge in [0, 0.05) is 18.6 Å². The van der Waals surface area contributed by atoms with Crippen molar-refractivity contribution in [3.05, 3.63) is 18.2 Å². The highest BCUT2D eigenvalue weighted by Gasteiger charge is 2.48. The molecule has 1 aromatic carbocycles. The van der Waals surface area contributed by atoms with E-state index in [0.29, 0.717) is 23.2 Å². The molecular weight excluding hydrogens is 322 g/mol. The standard InChI is InChI=1S/C14H17N3O3S2/c18-7-10-8-4-5-9(6-8)13(10)17-22(19,20)12-3-1-2-11-14(12)16-21-15-11/h1-3,8-10,13,17-18H,4-7H2/t8-,9-,10+,13-/m0/s1. The summed E-state index contributed by atoms with van der Waals surface area (Å²) in [4.78, 5) is 0.179. The van der Waals surface area contributed by atoms with Crippen LogP contribution >= 0.6 is 0 Å². The van der Waals surface area contributed by atoms with Gasteiger partial charge >= 0.3 is 0 Å². The number of nitrogens with zero attached hydrogens (tertiary/aromatic N) is 2. The van der Waals surface area contributed by atoms with E-state index < -0.39 is 10.0 Å². The van der Waals surface area contributed by atoms with Gasteiger partial charge in [0.15, 0.2) is 0 Å². The predicted octanol–water partition coefficient (Wildman–Crippen LogP) is 2.10. The van der Waals surface area contributed by atoms with E-state index in [1.165, 1.54) is 0 Å². The fourth-order valence-electron chi connectivity index (χ4n) is 4.10. The molecule has 3 aliphatic rings. The highest BCUT2D eigenvalue weighted by atomic mass is 32.2. The molecule has 4 rings (SSSR count). The molecule has 2 fully saturated rings. The Morgan fingerprint density at radius 3 is 2.91 bits per heavy atom. The first-order valence-corrected chi connectivity index (χ1v) is 9.66. The predicted molar refractivity (Wildman–Crippen MR) is 83.5 cm³/mol. The zero-order valence-corrected chi connectivity index (χ0v) is 13.5. The average Bonchev–Trinajstić information content (AvgIpc) is 3.21. The molecule has 1 aliphatic heterocycles. The Balaban J connectivity index is 1.66. The third-order valence-corrected chi connectivity index (χ3v) is 7.16. The largest absolute Gasteiger partial charge is 0.396 e. The van der Waals surface area contributed by atoms with Gasteiger partial charge < -0.3 is 5.11 Å². The van der Waals surface area contributed by atoms with Crippen LogP contribution in [0.3, 0.4) is 0 Å². The van der Waals surface area contributed by atoms with Crippen LogP contribution in [0.5, 0.6) is 0 Å². The Morgan fingerprint density at radius 2 is 2.09 bits per heavy atom. The van der Waals surface area contributed by atoms with Crippen molar-refractivity contribution in [1.82, 2.24) is 4.72 Å². The SMILES string of the molecule is O=S(=O)(N[C@H]1[C@H]2CC[C@@H](C2)[C@H]1CO)c1cccc2c1N=S=N2. The minimum atomic E-state index is -3.66. The van der Waals surface area contributed by atoms with Crippen LogP contribution in [-0.4, -0.2) is 26.2 Å². The molecule has 2 N–H and O–H groups in total. The van der Waals surface area contributed by atoms with E-state index in [1.54, 1.807) is 18.2 Å². The molecular formula is C14H17N3O3S2. The number of nitrogens with one attached hydrogen (secondary N) is 1. The van der Waals surface area contributed by atoms with Crippen LogP contribution in [0.2, 0.25) is 0 Å². The maximum Gasteiger partial charge on any atom is 0.243 e. The first-order valence-electron chi connectivity index (χ1n) is 7.44. The quantitative estimate of drug-likeness (QED) is 0.893. The van der Waals surface area contributed by atoms with E-state index in [2.05, 4.69) is 13.4 Å². The third-order valence-electron chi connectivity index (χ3n) is 5.13. The van der Waals surface area contributed by atoms with Crippen molar-refractivity contribution in [2.45, 2.75) is 30.2 Å². The molecule has 2 bridgehead atoms. The first kappa shape index (κ1) is 14.5. The number of benzene rings is 1. The summed E-state index contributed by atoms with van der Waals surface area (Å²) in [5, 5.41) is 9.61. The van der Waals surface area contributed by atoms with Gasteiger partial charge in [0.1, 0.15) is 16.3 Å². The van der Waals surface area contributed by atoms with E-state index in [1.807, 2.05) is 0 Å². The Bertz CT molecular complexity index is 787. The second-order valence-corrected chi connectivity index (χ2v) is 8.43. The Hall–Kier alpha value is -1.09. The monoisotopic (exact) mass is 339 g/mol. The van der Waals surface area contributed by atoms with Crippen LogP contribution in [0.15, 0.2) is 31.8 Å². The summed E-state index contributed by atoms with van der Waals surface area (Å²) >= 11 is 1.01. The molecule has 22 heavy (non-hydrogen) atoms. The minimum absolute atomic E-state index is 0.0290. The van der Waals surface area contributed by atoms with Crippen LogP contribution in [0, 0.1) is 17.8 Å². The number of aliphatic hydroxyl groups is 1. The van der Waals surface area contributed by atoms with Crippen LogP contribution in [0.1, 0.15) is 19.3 Å². The van der Waals surface area contributed by atoms with Gasteiger partial charge in [-0.1, -0.05) is 6.07 Å². The maximum absolute atomic E-state index is 12.8. The van der Waals surface area contributed by atoms with E-state index in [0.717, 1.165) is 30.6 Å². The van der Waals surface area contributed by atoms with Crippen molar-refractivity contribution in [2.75, 3.05) is 6.61 Å². The number of fused-ring (bicyclic) bond motifs is 3. The van der Waals surface area contributed by atoms with Gasteiger partial charge in [0.2, 0.25) is 10.0 Å². The second-order valence-electron chi connectivity index (χ2n) is 6.21. The van der Waals surface area contributed by atoms with Gasteiger partial charge in [0.05, 0.1) is 11.4 Å². The van der Waals surface area contributed by atoms with E-state index in [4.69, 9.17) is 0 Å². The summed E-state index contributed by atoms with van der Waals surface area (Å²) in [5.74, 6) is 0.811. The molecule has 1 aromatic rings. The number of hydrogen-bond donors (Lipinski definition) is 2. The van der Waals surface area contributed by atoms with Gasteiger partial charge in [-0.3, -0.25) is 0 Å². The molecule has 0 aromatic heterocycles. The lowest BCUT2D eigenvalue weighted by Crippen LogP contribution is -2.45. The van der Waals surface area contributed by atoms with Crippen LogP contribution in [0.4, 0.5) is 11.4 Å². The normalized spacial score (nSPS) is 32.2. The van der Waals surface area contributed by atoms with Crippen molar-refractivity contribution in [2.24, 2.45) is 26.5 Å². The molecule has 1 heterocycles. The highest BCUT2D eigenvalue weighted by molar-refractivity contribution is 7.89. The Labute approximate surface area is 132 Å². The number of hydrogen-bond acceptors (Lipinski definition) is 5. The molecule has 118 valence electrons. The van der Waals surface area contributed by atoms with Gasteiger partial charge in [-0.15, -0.1) is 0 Å². The summed E-state index contributed by atoms with van der Waals surface area (Å²) in [5.41, 5.74) is 1.02. The molecule has 0 spiro atoms. The highest BCUT2D eigenvalue weighted by Crippen LogP contribution is 2.49. The van der Waals surface area contributed by atoms with E-state index in [9.17, 15) is 13.5 Å². The van der Waals surface area contributed by atoms with E-state index in [-0.39, 0.29) is 23.5 Å². The number of rotatable bonds is 4. The molecule has 4 atom stereocenters. The van der Waals surface area contributed by atoms with Crippen LogP contribution in [0.25, 0.3) is 0 Å². The zero-order chi connectivity index (χ0) is 15.3. The topological polar surface area (TPSA) is 91.1 Å². The molecule has 0 unspecified atom stereocenters. The fraction of sp³-hybridized carbons (Fsp3) is 0.571. The summed E-state index contributed by atoms with van der Waals surface area (Å²) in [7, 11) is -3.66. The van der Waals surface area contributed by atoms with Gasteiger partial charge in [-0.05, 0) is 43.2 Å². The fourth-order valence-corrected chi connectivity index (χ4v) is 6.22. The molecule has 2 aliphatic carbocycles. The minimum Gasteiger partial charge on any atom is -0.396 e. The van der Waals surface area contributed by atoms with Crippen molar-refractivity contribution < 1.29 is 13.5 Å². The lowest BCUT2D eigenvalue weighted by Gasteiger charge is -2.30. The van der Waals surface area contributed by atoms with Crippen LogP contribution < -0.4 is 4.72 Å². The summed E-state index contributed by atoms with van der Waals surface area (Å²) < 4.78 is 36.6. The second kappa shape index (κ2) is 5.23. The van der Waals surface area contributed by atoms with Crippen molar-refractivity contribution in [1.29, 1.82) is 0 Å². The maximum atomic E-state index is 12.8. The Morgan fingerprint density at radius 1 is 1.27 bits per heavy atom. The van der Waals surface area contributed by atoms with Gasteiger partial charge in [-0.25, -0.2) is 13.1 Å². The summed E-state index contributed by atoms with van der Waals surface area (Å²) in [6.07, 6.45) is 3.15. The molecule has 0 amide bonds. The van der Waals surface area contributed by atoms with Gasteiger partial charge in [-0.2, -0.15) is 8.73 Å². The van der Waals surface area contributed by atoms with Crippen LogP contribution in [-0.2, 0) is 21.4 Å². The lowest BCUT2D eigenvalue weighted by atomic mass is 9.86. The lowest BCUT2D eigenvalue weighted by molar-refractivity contribution is 0.153. The smallest absolute Gasteiger partial charge is 0.243 e. The molecule has 2 saturated carbocycles. The molecule has 0 saturated heterocycles. The van der Waals surface area contributed by atoms with Crippen molar-refractivity contribution in [3.63, 3.8) is 0 Å². The van der Waals surface area contributed by atoms with Crippen molar-refractivity contribution >= 4 is 32.8 Å². The zero-order valence-electron chi connectivity index (χ0n) is 11.8. The van der Waals surface area contributed by atoms with E-state index >= 15 is 0 Å². The summed E-state index contributed by atoms with van der Waals surface area (Å²) in [6, 6.07) is 4.83. The Kier molecular flexibility index (Phi) is 3.44. The third kappa shape index (κ3) is 2.17. The first-order chi connectivity index (χ1) is 10.6. The van der Waals surface area contributed by atoms with Gasteiger partial charge in [0.25, 0.3) is 0 Å². The summed E-state index contributed by atoms with van der Waals surface area (Å²) in [6.45, 7) is 0.0385. The van der Waals surface area contributed by atoms with Crippen molar-refractivity contribution in [3.8, 4) is 0 Å². The number of sulfonamides is 1. The molecule has 6 nitrogen and oxygen atoms in total.